The van der Waals surface area contributed by atoms with Crippen LogP contribution in [0.25, 0.3) is 0 Å². The van der Waals surface area contributed by atoms with Crippen LogP contribution in [0.4, 0.5) is 0 Å². The third-order valence-electron chi connectivity index (χ3n) is 21.0. The van der Waals surface area contributed by atoms with Gasteiger partial charge in [0, 0.05) is 25.6 Å². The number of Topliss-reactive ketones (excluding diaryl/α,β-unsaturated/α-hetero) is 1. The van der Waals surface area contributed by atoms with Crippen LogP contribution in [0, 0.1) is 29.6 Å². The fourth-order valence-electron chi connectivity index (χ4n) is 15.3. The Labute approximate surface area is 554 Å². The van der Waals surface area contributed by atoms with Gasteiger partial charge in [-0.25, -0.2) is 9.36 Å². The topological polar surface area (TPSA) is 411 Å². The predicted octanol–water partition coefficient (Wildman–Crippen LogP) is 0.350. The minimum atomic E-state index is -1.56. The highest BCUT2D eigenvalue weighted by Gasteiger charge is 2.53. The van der Waals surface area contributed by atoms with E-state index in [0.29, 0.717) is 42.7 Å². The third kappa shape index (κ3) is 19.2. The number of amides is 1. The number of aliphatic hydroxyl groups is 10. The van der Waals surface area contributed by atoms with E-state index in [4.69, 9.17) is 52.1 Å². The molecule has 0 bridgehead atoms. The molecule has 2 aromatic heterocycles. The Balaban J connectivity index is 0.764. The van der Waals surface area contributed by atoms with Crippen LogP contribution in [0.2, 0.25) is 0 Å². The monoisotopic (exact) mass is 1350 g/mol. The molecule has 540 valence electrons. The first kappa shape index (κ1) is 74.3. The molecule has 30 heteroatoms. The summed E-state index contributed by atoms with van der Waals surface area (Å²) in [6.07, 6.45) is -5.66. The lowest BCUT2D eigenvalue weighted by molar-refractivity contribution is -0.341. The normalized spacial score (nSPS) is 40.2. The Bertz CT molecular complexity index is 2470. The Kier molecular flexibility index (Phi) is 27.6. The molecule has 1 amide bonds. The molecule has 2 aromatic rings. The van der Waals surface area contributed by atoms with E-state index in [0.717, 1.165) is 89.9 Å². The highest BCUT2D eigenvalue weighted by Crippen LogP contribution is 2.40. The molecule has 0 aromatic carbocycles. The largest absolute Gasteiger partial charge is 0.394 e. The average Bonchev–Trinajstić information content (AvgIpc) is 1.40. The maximum Gasteiger partial charge on any atom is 0.242 e. The first-order valence-electron chi connectivity index (χ1n) is 35.1. The minimum absolute atomic E-state index is 0.0452. The zero-order chi connectivity index (χ0) is 67.4. The van der Waals surface area contributed by atoms with Gasteiger partial charge in [-0.3, -0.25) is 9.59 Å². The fraction of sp³-hybridized carbons (Fsp3) is 0.908. The summed E-state index contributed by atoms with van der Waals surface area (Å²) in [7, 11) is 0. The number of carbonyl (C=O) groups excluding carboxylic acids is 2. The van der Waals surface area contributed by atoms with Crippen molar-refractivity contribution in [2.45, 2.75) is 317 Å². The zero-order valence-electron chi connectivity index (χ0n) is 55.4. The van der Waals surface area contributed by atoms with Crippen LogP contribution in [-0.2, 0) is 88.0 Å². The van der Waals surface area contributed by atoms with E-state index in [1.54, 1.807) is 20.0 Å². The van der Waals surface area contributed by atoms with Crippen LogP contribution in [0.5, 0.6) is 0 Å². The molecule has 8 aliphatic rings. The third-order valence-corrected chi connectivity index (χ3v) is 21.0. The second-order valence-electron chi connectivity index (χ2n) is 28.2. The number of aliphatic hydroxyl groups excluding tert-OH is 10. The van der Waals surface area contributed by atoms with E-state index in [2.05, 4.69) is 25.9 Å². The number of hydrogen-bond donors (Lipinski definition) is 11. The highest BCUT2D eigenvalue weighted by molar-refractivity contribution is 5.78. The smallest absolute Gasteiger partial charge is 0.242 e. The van der Waals surface area contributed by atoms with Crippen LogP contribution >= 0.6 is 0 Å². The van der Waals surface area contributed by atoms with Crippen LogP contribution in [-0.4, -0.2) is 260 Å². The predicted molar refractivity (Wildman–Crippen MR) is 329 cm³/mol. The van der Waals surface area contributed by atoms with E-state index < -0.39 is 166 Å². The summed E-state index contributed by atoms with van der Waals surface area (Å²) in [6, 6.07) is -1.11. The molecule has 30 nitrogen and oxygen atoms in total. The molecule has 10 rings (SSSR count). The number of ether oxygens (including phenoxy) is 11. The van der Waals surface area contributed by atoms with Gasteiger partial charge in [0.2, 0.25) is 5.91 Å². The van der Waals surface area contributed by atoms with Crippen molar-refractivity contribution in [2.24, 2.45) is 29.6 Å². The number of hydrogen-bond acceptors (Lipinski definition) is 27. The van der Waals surface area contributed by atoms with E-state index in [1.807, 2.05) is 13.8 Å². The summed E-state index contributed by atoms with van der Waals surface area (Å²) in [5.74, 6) is -1.07. The summed E-state index contributed by atoms with van der Waals surface area (Å²) < 4.78 is 72.2. The Hall–Kier alpha value is -3.42. The van der Waals surface area contributed by atoms with Gasteiger partial charge in [-0.15, -0.1) is 10.2 Å². The standard InChI is InChI=1S/C65H107N7O23/c1-34-13-11-19-44(58(34)94-64-56(83)54(81)50(77)36(3)88-64)90-62-43(60(52(79)46(30-73)92-62)86-23-21-38-15-7-5-8-16-38)25-42(75)28-71-26-40(67-69-71)32-85-33-41-27-72(70-68-41)29-48(76)66-49-61(87-24-22-39-17-9-6-10-18-39)53(80)47(31-74)93-63(49)91-45-20-12-14-35(2)59(45)95-65-57(84)55(82)51(78)37(4)89-65/h26-27,34-39,43-47,49-65,73-74,77-84H,5-25,28-33H2,1-4H3,(H,66,76)/t34-,35-,36-,37-,43+,44+,45+,46+,47+,49+,50+,51+,52-,53-,54+,55+,56-,57-,58+,59+,60+,61+,62+,63+,64-,65-/m0/s1. The molecule has 4 saturated heterocycles. The van der Waals surface area contributed by atoms with Gasteiger partial charge in [0.15, 0.2) is 30.9 Å². The van der Waals surface area contributed by atoms with Crippen molar-refractivity contribution < 1.29 is 113 Å². The number of nitrogens with zero attached hydrogens (tertiary/aromatic N) is 6. The van der Waals surface area contributed by atoms with Crippen LogP contribution in [0.3, 0.4) is 0 Å². The molecule has 0 spiro atoms. The summed E-state index contributed by atoms with van der Waals surface area (Å²) in [6.45, 7) is 5.88. The van der Waals surface area contributed by atoms with Crippen molar-refractivity contribution in [1.29, 1.82) is 0 Å². The van der Waals surface area contributed by atoms with Crippen molar-refractivity contribution in [2.75, 3.05) is 26.4 Å². The number of aromatic nitrogens is 6. The van der Waals surface area contributed by atoms with Gasteiger partial charge in [-0.2, -0.15) is 0 Å². The number of carbonyl (C=O) groups is 2. The molecule has 4 aliphatic carbocycles. The second kappa shape index (κ2) is 35.3. The van der Waals surface area contributed by atoms with E-state index in [1.165, 1.54) is 28.4 Å². The fourth-order valence-corrected chi connectivity index (χ4v) is 15.3. The van der Waals surface area contributed by atoms with Crippen molar-refractivity contribution in [1.82, 2.24) is 35.3 Å². The molecule has 4 saturated carbocycles. The first-order chi connectivity index (χ1) is 45.8. The maximum atomic E-state index is 14.3. The van der Waals surface area contributed by atoms with Gasteiger partial charge >= 0.3 is 0 Å². The molecule has 4 aliphatic heterocycles. The molecule has 26 atom stereocenters. The first-order valence-corrected chi connectivity index (χ1v) is 35.1. The SMILES string of the molecule is C[C@@H]1O[C@@H](O[C@@H]2[C@@H](C)CCC[C@H]2O[C@@H]2O[C@H](CO)[C@H](O)[C@H](OCCC3CCCCC3)[C@H]2CC(=O)Cn2cc(COCc3cn(CC(=O)N[C@H]4[C@H](O[C@@H]5CCC[C@H](C)[C@H]5O[C@@H]5O[C@@H](C)[C@@H](O)[C@@H](O)[C@@H]5O)O[C@H](CO)[C@H](O)[C@@H]4OCCC4CCCCC4)nn3)nn2)[C@@H](O)[C@H](O)[C@@H]1O. The van der Waals surface area contributed by atoms with Gasteiger partial charge in [0.1, 0.15) is 97.7 Å². The molecule has 0 radical (unpaired) electrons. The minimum Gasteiger partial charge on any atom is -0.394 e. The van der Waals surface area contributed by atoms with Crippen LogP contribution < -0.4 is 5.32 Å². The van der Waals surface area contributed by atoms with Gasteiger partial charge < -0.3 is 108 Å². The Morgan fingerprint density at radius 3 is 1.47 bits per heavy atom. The molecular formula is C65H107N7O23. The molecule has 95 heavy (non-hydrogen) atoms. The van der Waals surface area contributed by atoms with Gasteiger partial charge in [-0.05, 0) is 76.0 Å². The lowest BCUT2D eigenvalue weighted by atomic mass is 9.84. The van der Waals surface area contributed by atoms with Crippen LogP contribution in [0.1, 0.15) is 161 Å². The molecule has 11 N–H and O–H groups in total. The van der Waals surface area contributed by atoms with Crippen molar-refractivity contribution >= 4 is 11.7 Å². The lowest BCUT2D eigenvalue weighted by Crippen LogP contribution is -2.67. The summed E-state index contributed by atoms with van der Waals surface area (Å²) in [5.41, 5.74) is 0.758. The molecular weight excluding hydrogens is 1250 g/mol. The molecule has 6 heterocycles. The van der Waals surface area contributed by atoms with Gasteiger partial charge in [0.25, 0.3) is 0 Å². The van der Waals surface area contributed by atoms with Crippen molar-refractivity contribution in [3.63, 3.8) is 0 Å². The average molecular weight is 1350 g/mol. The van der Waals surface area contributed by atoms with Crippen LogP contribution in [0.15, 0.2) is 12.4 Å². The molecule has 0 unspecified atom stereocenters. The van der Waals surface area contributed by atoms with Gasteiger partial charge in [-0.1, -0.05) is 101 Å². The van der Waals surface area contributed by atoms with Gasteiger partial charge in [0.05, 0.1) is 81.5 Å². The number of rotatable bonds is 29. The zero-order valence-corrected chi connectivity index (χ0v) is 55.4. The lowest BCUT2D eigenvalue weighted by Gasteiger charge is -2.48. The summed E-state index contributed by atoms with van der Waals surface area (Å²) in [4.78, 5) is 28.4. The highest BCUT2D eigenvalue weighted by atomic mass is 16.7. The van der Waals surface area contributed by atoms with Crippen molar-refractivity contribution in [3.8, 4) is 0 Å². The Morgan fingerprint density at radius 2 is 0.968 bits per heavy atom. The second-order valence-corrected chi connectivity index (χ2v) is 28.2. The van der Waals surface area contributed by atoms with E-state index in [-0.39, 0.29) is 57.0 Å². The maximum absolute atomic E-state index is 14.3. The summed E-state index contributed by atoms with van der Waals surface area (Å²) in [5, 5.41) is 128. The Morgan fingerprint density at radius 1 is 0.505 bits per heavy atom. The number of nitrogens with one attached hydrogen (secondary N) is 1. The quantitative estimate of drug-likeness (QED) is 0.0523. The van der Waals surface area contributed by atoms with E-state index >= 15 is 0 Å². The summed E-state index contributed by atoms with van der Waals surface area (Å²) >= 11 is 0. The number of ketones is 1. The molecule has 8 fully saturated rings. The van der Waals surface area contributed by atoms with Crippen molar-refractivity contribution in [3.05, 3.63) is 23.8 Å². The van der Waals surface area contributed by atoms with E-state index in [9.17, 15) is 60.7 Å².